The number of nitrogens with zero attached hydrogens (tertiary/aromatic N) is 1. The summed E-state index contributed by atoms with van der Waals surface area (Å²) in [7, 11) is 0. The topological polar surface area (TPSA) is 30.0 Å². The summed E-state index contributed by atoms with van der Waals surface area (Å²) < 4.78 is 0. The maximum atomic E-state index is 12.3. The number of fused-ring (bicyclic) bond motifs is 6. The fourth-order valence-corrected chi connectivity index (χ4v) is 5.33. The molecule has 1 aliphatic carbocycles. The van der Waals surface area contributed by atoms with E-state index in [0.717, 1.165) is 36.0 Å². The SMILES string of the molecule is Cc1ccc2ccccc2n1.O=C(C(Cl)Cl)C1CCCc2c1ccc1c2ccc2ccccc21. The van der Waals surface area contributed by atoms with Crippen molar-refractivity contribution in [1.29, 1.82) is 0 Å². The Morgan fingerprint density at radius 2 is 1.53 bits per heavy atom. The Bertz CT molecular complexity index is 1510. The van der Waals surface area contributed by atoms with Crippen LogP contribution < -0.4 is 0 Å². The van der Waals surface area contributed by atoms with Gasteiger partial charge in [-0.25, -0.2) is 0 Å². The molecule has 1 aromatic heterocycles. The summed E-state index contributed by atoms with van der Waals surface area (Å²) in [4.78, 5) is 15.8. The highest BCUT2D eigenvalue weighted by Crippen LogP contribution is 2.39. The van der Waals surface area contributed by atoms with E-state index in [2.05, 4.69) is 65.6 Å². The van der Waals surface area contributed by atoms with Crippen LogP contribution in [0.4, 0.5) is 0 Å². The molecule has 4 heteroatoms. The molecule has 2 nitrogen and oxygen atoms in total. The minimum absolute atomic E-state index is 0.0746. The van der Waals surface area contributed by atoms with Crippen molar-refractivity contribution in [2.24, 2.45) is 0 Å². The summed E-state index contributed by atoms with van der Waals surface area (Å²) in [6.07, 6.45) is 2.83. The quantitative estimate of drug-likeness (QED) is 0.185. The van der Waals surface area contributed by atoms with E-state index in [4.69, 9.17) is 23.2 Å². The standard InChI is InChI=1S/C20H16Cl2O.C10H9N/c21-20(22)19(23)18-7-3-6-14-16-9-8-12-4-1-2-5-13(12)15(16)10-11-17(14)18;1-8-6-7-9-4-2-3-5-10(9)11-8/h1-2,4-5,8-11,18,20H,3,6-7H2;2-7H,1H3. The predicted octanol–water partition coefficient (Wildman–Crippen LogP) is 8.33. The number of aromatic nitrogens is 1. The van der Waals surface area contributed by atoms with Crippen LogP contribution in [0.2, 0.25) is 0 Å². The van der Waals surface area contributed by atoms with E-state index in [1.807, 2.05) is 31.2 Å². The van der Waals surface area contributed by atoms with Crippen molar-refractivity contribution in [3.63, 3.8) is 0 Å². The van der Waals surface area contributed by atoms with Gasteiger partial charge < -0.3 is 0 Å². The molecule has 0 saturated heterocycles. The van der Waals surface area contributed by atoms with Gasteiger partial charge >= 0.3 is 0 Å². The first-order chi connectivity index (χ1) is 16.5. The third kappa shape index (κ3) is 4.41. The van der Waals surface area contributed by atoms with Crippen LogP contribution in [0.15, 0.2) is 84.9 Å². The van der Waals surface area contributed by atoms with Gasteiger partial charge in [-0.2, -0.15) is 0 Å². The molecule has 170 valence electrons. The Balaban J connectivity index is 0.000000183. The molecular formula is C30H25Cl2NO. The first-order valence-electron chi connectivity index (χ1n) is 11.6. The van der Waals surface area contributed by atoms with Gasteiger partial charge in [0.2, 0.25) is 0 Å². The number of halogens is 2. The molecule has 1 atom stereocenters. The van der Waals surface area contributed by atoms with Gasteiger partial charge in [0.1, 0.15) is 0 Å². The van der Waals surface area contributed by atoms with E-state index in [-0.39, 0.29) is 11.7 Å². The van der Waals surface area contributed by atoms with E-state index in [1.165, 1.54) is 32.5 Å². The molecule has 0 spiro atoms. The van der Waals surface area contributed by atoms with Crippen LogP contribution in [-0.2, 0) is 11.2 Å². The first kappa shape index (κ1) is 22.8. The maximum Gasteiger partial charge on any atom is 0.173 e. The van der Waals surface area contributed by atoms with Gasteiger partial charge in [0, 0.05) is 17.0 Å². The van der Waals surface area contributed by atoms with Crippen LogP contribution >= 0.6 is 23.2 Å². The van der Waals surface area contributed by atoms with Crippen molar-refractivity contribution in [3.05, 3.63) is 102 Å². The average molecular weight is 486 g/mol. The number of pyridine rings is 1. The van der Waals surface area contributed by atoms with Crippen molar-refractivity contribution in [3.8, 4) is 0 Å². The van der Waals surface area contributed by atoms with E-state index in [1.54, 1.807) is 0 Å². The highest BCUT2D eigenvalue weighted by Gasteiger charge is 2.30. The molecule has 0 amide bonds. The van der Waals surface area contributed by atoms with Gasteiger partial charge in [0.15, 0.2) is 10.6 Å². The minimum Gasteiger partial charge on any atom is -0.296 e. The average Bonchev–Trinajstić information content (AvgIpc) is 2.87. The Labute approximate surface area is 209 Å². The smallest absolute Gasteiger partial charge is 0.173 e. The summed E-state index contributed by atoms with van der Waals surface area (Å²) >= 11 is 11.7. The van der Waals surface area contributed by atoms with Crippen molar-refractivity contribution in [2.75, 3.05) is 0 Å². The second-order valence-electron chi connectivity index (χ2n) is 8.81. The number of alkyl halides is 2. The molecule has 0 N–H and O–H groups in total. The number of hydrogen-bond acceptors (Lipinski definition) is 2. The number of aryl methyl sites for hydroxylation is 2. The molecular weight excluding hydrogens is 461 g/mol. The van der Waals surface area contributed by atoms with Gasteiger partial charge in [-0.1, -0.05) is 96.0 Å². The molecule has 1 unspecified atom stereocenters. The summed E-state index contributed by atoms with van der Waals surface area (Å²) in [5, 5.41) is 6.21. The van der Waals surface area contributed by atoms with E-state index >= 15 is 0 Å². The minimum atomic E-state index is -0.946. The van der Waals surface area contributed by atoms with Crippen molar-refractivity contribution < 1.29 is 4.79 Å². The molecule has 0 saturated carbocycles. The van der Waals surface area contributed by atoms with Crippen LogP contribution in [0.5, 0.6) is 0 Å². The van der Waals surface area contributed by atoms with E-state index in [0.29, 0.717) is 0 Å². The molecule has 0 fully saturated rings. The van der Waals surface area contributed by atoms with Crippen LogP contribution in [-0.4, -0.2) is 15.6 Å². The third-order valence-electron chi connectivity index (χ3n) is 6.66. The second kappa shape index (κ2) is 9.74. The normalized spacial score (nSPS) is 15.2. The lowest BCUT2D eigenvalue weighted by atomic mass is 9.78. The number of ketones is 1. The van der Waals surface area contributed by atoms with Crippen LogP contribution in [0, 0.1) is 6.92 Å². The molecule has 1 heterocycles. The number of carbonyl (C=O) groups is 1. The molecule has 0 aliphatic heterocycles. The van der Waals surface area contributed by atoms with Crippen LogP contribution in [0.3, 0.4) is 0 Å². The van der Waals surface area contributed by atoms with Gasteiger partial charge in [0.25, 0.3) is 0 Å². The highest BCUT2D eigenvalue weighted by molar-refractivity contribution is 6.54. The fraction of sp³-hybridized carbons (Fsp3) is 0.200. The Hall–Kier alpha value is -2.94. The molecule has 1 aliphatic rings. The zero-order valence-corrected chi connectivity index (χ0v) is 20.5. The summed E-state index contributed by atoms with van der Waals surface area (Å²) in [5.74, 6) is -0.246. The van der Waals surface area contributed by atoms with Crippen molar-refractivity contribution in [2.45, 2.75) is 36.9 Å². The fourth-order valence-electron chi connectivity index (χ4n) is 5.03. The Morgan fingerprint density at radius 3 is 2.35 bits per heavy atom. The number of carbonyl (C=O) groups excluding carboxylic acids is 1. The summed E-state index contributed by atoms with van der Waals surface area (Å²) in [5.41, 5.74) is 4.54. The number of benzene rings is 4. The Morgan fingerprint density at radius 1 is 0.824 bits per heavy atom. The molecule has 4 aromatic carbocycles. The van der Waals surface area contributed by atoms with E-state index < -0.39 is 4.84 Å². The molecule has 0 bridgehead atoms. The van der Waals surface area contributed by atoms with Crippen LogP contribution in [0.1, 0.15) is 35.6 Å². The molecule has 6 rings (SSSR count). The predicted molar refractivity (Wildman–Crippen MR) is 144 cm³/mol. The lowest BCUT2D eigenvalue weighted by Crippen LogP contribution is -2.23. The molecule has 34 heavy (non-hydrogen) atoms. The van der Waals surface area contributed by atoms with Crippen LogP contribution in [0.25, 0.3) is 32.4 Å². The Kier molecular flexibility index (Phi) is 6.54. The van der Waals surface area contributed by atoms with E-state index in [9.17, 15) is 4.79 Å². The molecule has 5 aromatic rings. The van der Waals surface area contributed by atoms with Gasteiger partial charge in [-0.05, 0) is 71.0 Å². The summed E-state index contributed by atoms with van der Waals surface area (Å²) in [6, 6.07) is 29.3. The number of hydrogen-bond donors (Lipinski definition) is 0. The lowest BCUT2D eigenvalue weighted by molar-refractivity contribution is -0.119. The van der Waals surface area contributed by atoms with Crippen molar-refractivity contribution in [1.82, 2.24) is 4.98 Å². The third-order valence-corrected chi connectivity index (χ3v) is 7.10. The number of para-hydroxylation sites is 1. The maximum absolute atomic E-state index is 12.3. The number of Topliss-reactive ketones (excluding diaryl/α,β-unsaturated/α-hetero) is 1. The van der Waals surface area contributed by atoms with Gasteiger partial charge in [-0.3, -0.25) is 9.78 Å². The molecule has 0 radical (unpaired) electrons. The summed E-state index contributed by atoms with van der Waals surface area (Å²) in [6.45, 7) is 2.01. The zero-order valence-electron chi connectivity index (χ0n) is 19.0. The first-order valence-corrected chi connectivity index (χ1v) is 12.5. The van der Waals surface area contributed by atoms with Crippen molar-refractivity contribution >= 4 is 61.4 Å². The zero-order chi connectivity index (χ0) is 23.7. The highest BCUT2D eigenvalue weighted by atomic mass is 35.5. The number of rotatable bonds is 2. The monoisotopic (exact) mass is 485 g/mol. The van der Waals surface area contributed by atoms with Gasteiger partial charge in [0.05, 0.1) is 5.52 Å². The van der Waals surface area contributed by atoms with Gasteiger partial charge in [-0.15, -0.1) is 0 Å². The second-order valence-corrected chi connectivity index (χ2v) is 9.90. The largest absolute Gasteiger partial charge is 0.296 e. The lowest BCUT2D eigenvalue weighted by Gasteiger charge is -2.26.